The van der Waals surface area contributed by atoms with Crippen LogP contribution in [0.25, 0.3) is 10.7 Å². The van der Waals surface area contributed by atoms with Crippen molar-refractivity contribution in [2.24, 2.45) is 0 Å². The Balaban J connectivity index is 1.72. The third-order valence-corrected chi connectivity index (χ3v) is 5.85. The highest BCUT2D eigenvalue weighted by atomic mass is 35.5. The molecular weight excluding hydrogens is 395 g/mol. The van der Waals surface area contributed by atoms with Crippen LogP contribution in [-0.4, -0.2) is 25.9 Å². The van der Waals surface area contributed by atoms with Crippen molar-refractivity contribution in [3.63, 3.8) is 0 Å². The number of halogens is 2. The molecule has 0 aliphatic rings. The molecule has 9 heteroatoms. The van der Waals surface area contributed by atoms with E-state index >= 15 is 0 Å². The molecule has 0 aliphatic carbocycles. The summed E-state index contributed by atoms with van der Waals surface area (Å²) in [5.41, 5.74) is 0.449. The van der Waals surface area contributed by atoms with E-state index in [9.17, 15) is 9.18 Å². The summed E-state index contributed by atoms with van der Waals surface area (Å²) in [4.78, 5) is 13.5. The number of hydrogen-bond acceptors (Lipinski definition) is 5. The van der Waals surface area contributed by atoms with Gasteiger partial charge in [-0.1, -0.05) is 29.4 Å². The lowest BCUT2D eigenvalue weighted by Crippen LogP contribution is -2.23. The lowest BCUT2D eigenvalue weighted by molar-refractivity contribution is -0.115. The zero-order chi connectivity index (χ0) is 18.7. The fraction of sp³-hybridized carbons (Fsp3) is 0.235. The van der Waals surface area contributed by atoms with Crippen LogP contribution in [0.1, 0.15) is 13.8 Å². The molecule has 0 saturated heterocycles. The second kappa shape index (κ2) is 8.20. The van der Waals surface area contributed by atoms with Crippen LogP contribution in [0, 0.1) is 5.82 Å². The molecule has 0 unspecified atom stereocenters. The van der Waals surface area contributed by atoms with Crippen molar-refractivity contribution >= 4 is 46.3 Å². The number of benzene rings is 1. The molecule has 0 radical (unpaired) electrons. The number of aromatic nitrogens is 3. The van der Waals surface area contributed by atoms with Gasteiger partial charge in [0.25, 0.3) is 0 Å². The van der Waals surface area contributed by atoms with Gasteiger partial charge >= 0.3 is 0 Å². The molecule has 1 atom stereocenters. The van der Waals surface area contributed by atoms with Crippen LogP contribution in [0.15, 0.2) is 40.9 Å². The molecule has 0 bridgehead atoms. The van der Waals surface area contributed by atoms with Crippen LogP contribution < -0.4 is 5.32 Å². The van der Waals surface area contributed by atoms with Crippen molar-refractivity contribution in [2.45, 2.75) is 30.8 Å². The van der Waals surface area contributed by atoms with Crippen LogP contribution >= 0.6 is 34.7 Å². The van der Waals surface area contributed by atoms with Gasteiger partial charge < -0.3 is 9.88 Å². The number of rotatable bonds is 6. The minimum atomic E-state index is -0.524. The van der Waals surface area contributed by atoms with Crippen LogP contribution in [0.2, 0.25) is 5.02 Å². The van der Waals surface area contributed by atoms with E-state index in [2.05, 4.69) is 15.5 Å². The Morgan fingerprint density at radius 2 is 2.23 bits per heavy atom. The number of nitrogens with zero attached hydrogens (tertiary/aromatic N) is 3. The van der Waals surface area contributed by atoms with Crippen molar-refractivity contribution in [3.8, 4) is 10.7 Å². The van der Waals surface area contributed by atoms with Crippen LogP contribution in [0.3, 0.4) is 0 Å². The third-order valence-electron chi connectivity index (χ3n) is 3.61. The van der Waals surface area contributed by atoms with E-state index in [-0.39, 0.29) is 10.9 Å². The molecule has 26 heavy (non-hydrogen) atoms. The van der Waals surface area contributed by atoms with Gasteiger partial charge in [0.05, 0.1) is 15.1 Å². The van der Waals surface area contributed by atoms with Crippen molar-refractivity contribution in [2.75, 3.05) is 5.32 Å². The highest BCUT2D eigenvalue weighted by Gasteiger charge is 2.21. The number of carbonyl (C=O) groups excluding carboxylic acids is 1. The Labute approximate surface area is 163 Å². The fourth-order valence-corrected chi connectivity index (χ4v) is 4.09. The van der Waals surface area contributed by atoms with Crippen molar-refractivity contribution in [1.29, 1.82) is 0 Å². The molecule has 0 saturated carbocycles. The van der Waals surface area contributed by atoms with E-state index in [0.717, 1.165) is 10.7 Å². The molecule has 5 nitrogen and oxygen atoms in total. The monoisotopic (exact) mass is 410 g/mol. The van der Waals surface area contributed by atoms with Gasteiger partial charge in [0.15, 0.2) is 11.0 Å². The van der Waals surface area contributed by atoms with Gasteiger partial charge in [-0.15, -0.1) is 21.5 Å². The summed E-state index contributed by atoms with van der Waals surface area (Å²) in [5.74, 6) is 0.0492. The average molecular weight is 411 g/mol. The second-order valence-electron chi connectivity index (χ2n) is 5.41. The fourth-order valence-electron chi connectivity index (χ4n) is 2.28. The second-order valence-corrected chi connectivity index (χ2v) is 8.07. The largest absolute Gasteiger partial charge is 0.325 e. The van der Waals surface area contributed by atoms with E-state index in [1.165, 1.54) is 30.0 Å². The number of thiophene rings is 1. The summed E-state index contributed by atoms with van der Waals surface area (Å²) in [7, 11) is 0. The summed E-state index contributed by atoms with van der Waals surface area (Å²) < 4.78 is 15.2. The topological polar surface area (TPSA) is 59.8 Å². The Morgan fingerprint density at radius 3 is 2.88 bits per heavy atom. The minimum Gasteiger partial charge on any atom is -0.325 e. The highest BCUT2D eigenvalue weighted by Crippen LogP contribution is 2.29. The number of carbonyl (C=O) groups is 1. The maximum absolute atomic E-state index is 13.2. The molecular formula is C17H16ClFN4OS2. The summed E-state index contributed by atoms with van der Waals surface area (Å²) in [6.45, 7) is 4.49. The normalized spacial score (nSPS) is 12.2. The van der Waals surface area contributed by atoms with E-state index in [0.29, 0.717) is 17.4 Å². The Bertz CT molecular complexity index is 914. The first-order chi connectivity index (χ1) is 12.5. The first-order valence-corrected chi connectivity index (χ1v) is 10.0. The van der Waals surface area contributed by atoms with Gasteiger partial charge in [0, 0.05) is 12.2 Å². The number of amides is 1. The molecule has 2 heterocycles. The highest BCUT2D eigenvalue weighted by molar-refractivity contribution is 8.00. The molecule has 0 aliphatic heterocycles. The SMILES string of the molecule is CCn1c(S[C@@H](C)C(=O)Nc2ccc(F)c(Cl)c2)nnc1-c1cccs1. The van der Waals surface area contributed by atoms with Gasteiger partial charge in [-0.05, 0) is 43.5 Å². The predicted octanol–water partition coefficient (Wildman–Crippen LogP) is 4.94. The number of anilines is 1. The molecule has 1 N–H and O–H groups in total. The first kappa shape index (κ1) is 18.9. The van der Waals surface area contributed by atoms with Crippen LogP contribution in [-0.2, 0) is 11.3 Å². The summed E-state index contributed by atoms with van der Waals surface area (Å²) in [6.07, 6.45) is 0. The molecule has 3 aromatic rings. The molecule has 1 amide bonds. The maximum atomic E-state index is 13.2. The predicted molar refractivity (Wildman–Crippen MR) is 104 cm³/mol. The van der Waals surface area contributed by atoms with Crippen molar-refractivity contribution < 1.29 is 9.18 Å². The summed E-state index contributed by atoms with van der Waals surface area (Å²) in [6, 6.07) is 8.03. The van der Waals surface area contributed by atoms with Gasteiger partial charge in [0.1, 0.15) is 5.82 Å². The van der Waals surface area contributed by atoms with Gasteiger partial charge in [0.2, 0.25) is 5.91 Å². The van der Waals surface area contributed by atoms with Gasteiger partial charge in [-0.2, -0.15) is 0 Å². The first-order valence-electron chi connectivity index (χ1n) is 7.89. The zero-order valence-electron chi connectivity index (χ0n) is 14.1. The van der Waals surface area contributed by atoms with Crippen molar-refractivity contribution in [1.82, 2.24) is 14.8 Å². The standard InChI is InChI=1S/C17H16ClFN4OS2/c1-3-23-15(14-5-4-8-25-14)21-22-17(23)26-10(2)16(24)20-11-6-7-13(19)12(18)9-11/h4-10H,3H2,1-2H3,(H,20,24)/t10-/m0/s1. The Hall–Kier alpha value is -1.90. The quantitative estimate of drug-likeness (QED) is 0.585. The van der Waals surface area contributed by atoms with E-state index < -0.39 is 11.1 Å². The number of nitrogens with one attached hydrogen (secondary N) is 1. The maximum Gasteiger partial charge on any atom is 0.237 e. The van der Waals surface area contributed by atoms with Crippen molar-refractivity contribution in [3.05, 3.63) is 46.6 Å². The molecule has 136 valence electrons. The molecule has 0 fully saturated rings. The molecule has 2 aromatic heterocycles. The van der Waals surface area contributed by atoms with Crippen LogP contribution in [0.4, 0.5) is 10.1 Å². The van der Waals surface area contributed by atoms with E-state index in [4.69, 9.17) is 11.6 Å². The average Bonchev–Trinajstić information content (AvgIpc) is 3.27. The number of hydrogen-bond donors (Lipinski definition) is 1. The Kier molecular flexibility index (Phi) is 5.95. The van der Waals surface area contributed by atoms with Gasteiger partial charge in [-0.25, -0.2) is 4.39 Å². The lowest BCUT2D eigenvalue weighted by atomic mass is 10.3. The van der Waals surface area contributed by atoms with E-state index in [1.54, 1.807) is 18.3 Å². The van der Waals surface area contributed by atoms with E-state index in [1.807, 2.05) is 29.0 Å². The summed E-state index contributed by atoms with van der Waals surface area (Å²) in [5, 5.41) is 13.4. The zero-order valence-corrected chi connectivity index (χ0v) is 16.5. The molecule has 3 rings (SSSR count). The Morgan fingerprint density at radius 1 is 1.42 bits per heavy atom. The third kappa shape index (κ3) is 4.08. The van der Waals surface area contributed by atoms with Crippen LogP contribution in [0.5, 0.6) is 0 Å². The molecule has 1 aromatic carbocycles. The number of thioether (sulfide) groups is 1. The van der Waals surface area contributed by atoms with Gasteiger partial charge in [-0.3, -0.25) is 4.79 Å². The minimum absolute atomic E-state index is 0.0329. The lowest BCUT2D eigenvalue weighted by Gasteiger charge is -2.13. The molecule has 0 spiro atoms. The summed E-state index contributed by atoms with van der Waals surface area (Å²) >= 11 is 8.66. The smallest absolute Gasteiger partial charge is 0.237 e.